The summed E-state index contributed by atoms with van der Waals surface area (Å²) < 4.78 is 45.0. The van der Waals surface area contributed by atoms with Crippen molar-refractivity contribution in [1.82, 2.24) is 20.0 Å². The molecule has 1 aliphatic heterocycles. The average molecular weight is 505 g/mol. The highest BCUT2D eigenvalue weighted by molar-refractivity contribution is 6.30. The summed E-state index contributed by atoms with van der Waals surface area (Å²) in [6, 6.07) is 11.0. The lowest BCUT2D eigenvalue weighted by Crippen LogP contribution is -2.44. The number of piperazine rings is 1. The summed E-state index contributed by atoms with van der Waals surface area (Å²) >= 11 is 5.93. The summed E-state index contributed by atoms with van der Waals surface area (Å²) in [6.45, 7) is 4.34. The van der Waals surface area contributed by atoms with Gasteiger partial charge in [0.25, 0.3) is 0 Å². The maximum Gasteiger partial charge on any atom is 0.435 e. The van der Waals surface area contributed by atoms with E-state index in [4.69, 9.17) is 16.3 Å². The van der Waals surface area contributed by atoms with Crippen LogP contribution in [0.4, 0.5) is 13.2 Å². The molecule has 0 bridgehead atoms. The molecule has 6 nitrogen and oxygen atoms in total. The molecule has 4 rings (SSSR count). The van der Waals surface area contributed by atoms with E-state index in [0.29, 0.717) is 17.3 Å². The highest BCUT2D eigenvalue weighted by Crippen LogP contribution is 2.38. The van der Waals surface area contributed by atoms with Crippen LogP contribution in [0.25, 0.3) is 11.3 Å². The van der Waals surface area contributed by atoms with Gasteiger partial charge in [-0.1, -0.05) is 35.6 Å². The first kappa shape index (κ1) is 24.9. The molecule has 0 atom stereocenters. The maximum atomic E-state index is 13.0. The van der Waals surface area contributed by atoms with Gasteiger partial charge in [-0.05, 0) is 42.9 Å². The van der Waals surface area contributed by atoms with Crippen LogP contribution in [0.2, 0.25) is 5.02 Å². The minimum absolute atomic E-state index is 0.0289. The lowest BCUT2D eigenvalue weighted by atomic mass is 10.0. The number of hydrogen-bond donors (Lipinski definition) is 2. The monoisotopic (exact) mass is 504 g/mol. The largest absolute Gasteiger partial charge is 0.506 e. The Morgan fingerprint density at radius 3 is 2.49 bits per heavy atom. The molecule has 35 heavy (non-hydrogen) atoms. The zero-order valence-electron chi connectivity index (χ0n) is 19.0. The van der Waals surface area contributed by atoms with E-state index in [9.17, 15) is 18.3 Å². The lowest BCUT2D eigenvalue weighted by Gasteiger charge is -2.30. The third kappa shape index (κ3) is 6.28. The molecule has 0 saturated carbocycles. The number of aromatic nitrogens is 2. The summed E-state index contributed by atoms with van der Waals surface area (Å²) in [5, 5.41) is 17.3. The standard InChI is InChI=1S/C25H24ClF3N4O2/c1-32-11-13-33(14-12-32)10-2-3-20-22(35-16-17-4-6-18(26)7-5-17)9-8-19(24(20)34)21-15-23(31-30-21)25(27,28)29/h4-9,15,34H,10-14,16H2,1H3,(H,30,31). The van der Waals surface area contributed by atoms with Gasteiger partial charge in [-0.15, -0.1) is 0 Å². The smallest absolute Gasteiger partial charge is 0.435 e. The number of rotatable bonds is 5. The van der Waals surface area contributed by atoms with Crippen LogP contribution in [0.1, 0.15) is 16.8 Å². The quantitative estimate of drug-likeness (QED) is 0.496. The number of hydrogen-bond acceptors (Lipinski definition) is 5. The van der Waals surface area contributed by atoms with Crippen LogP contribution in [-0.2, 0) is 12.8 Å². The van der Waals surface area contributed by atoms with Crippen molar-refractivity contribution < 1.29 is 23.0 Å². The van der Waals surface area contributed by atoms with Crippen molar-refractivity contribution in [3.63, 3.8) is 0 Å². The molecule has 184 valence electrons. The number of phenols is 1. The Labute approximate surface area is 206 Å². The summed E-state index contributed by atoms with van der Waals surface area (Å²) in [6.07, 6.45) is -4.60. The van der Waals surface area contributed by atoms with E-state index in [0.717, 1.165) is 37.8 Å². The van der Waals surface area contributed by atoms with Crippen LogP contribution in [-0.4, -0.2) is 64.9 Å². The van der Waals surface area contributed by atoms with Crippen molar-refractivity contribution in [2.24, 2.45) is 0 Å². The minimum Gasteiger partial charge on any atom is -0.506 e. The van der Waals surface area contributed by atoms with Gasteiger partial charge in [-0.25, -0.2) is 0 Å². The van der Waals surface area contributed by atoms with Gasteiger partial charge in [-0.2, -0.15) is 18.3 Å². The SMILES string of the molecule is CN1CCN(CC#Cc2c(OCc3ccc(Cl)cc3)ccc(-c3cc(C(F)(F)F)n[nH]3)c2O)CC1. The Balaban J connectivity index is 1.62. The maximum absolute atomic E-state index is 13.0. The number of likely N-dealkylation sites (N-methyl/N-ethyl adjacent to an activating group) is 1. The topological polar surface area (TPSA) is 64.6 Å². The van der Waals surface area contributed by atoms with Gasteiger partial charge in [-0.3, -0.25) is 10.00 Å². The molecule has 0 spiro atoms. The Kier molecular flexibility index (Phi) is 7.55. The second-order valence-corrected chi connectivity index (χ2v) is 8.73. The van der Waals surface area contributed by atoms with Crippen molar-refractivity contribution >= 4 is 11.6 Å². The van der Waals surface area contributed by atoms with E-state index in [1.54, 1.807) is 18.2 Å². The van der Waals surface area contributed by atoms with Gasteiger partial charge < -0.3 is 14.7 Å². The predicted molar refractivity (Wildman–Crippen MR) is 127 cm³/mol. The first-order valence-electron chi connectivity index (χ1n) is 11.0. The van der Waals surface area contributed by atoms with Gasteiger partial charge in [0.05, 0.1) is 12.2 Å². The molecule has 1 aromatic heterocycles. The number of alkyl halides is 3. The number of nitrogens with zero attached hydrogens (tertiary/aromatic N) is 3. The summed E-state index contributed by atoms with van der Waals surface area (Å²) in [4.78, 5) is 4.44. The fourth-order valence-electron chi connectivity index (χ4n) is 3.62. The van der Waals surface area contributed by atoms with Gasteiger partial charge in [0.2, 0.25) is 0 Å². The third-order valence-electron chi connectivity index (χ3n) is 5.72. The Bertz CT molecular complexity index is 1220. The van der Waals surface area contributed by atoms with Crippen LogP contribution >= 0.6 is 11.6 Å². The van der Waals surface area contributed by atoms with Crippen molar-refractivity contribution in [2.75, 3.05) is 39.8 Å². The molecule has 0 unspecified atom stereocenters. The number of phenolic OH excluding ortho intramolecular Hbond substituents is 1. The number of H-pyrrole nitrogens is 1. The lowest BCUT2D eigenvalue weighted by molar-refractivity contribution is -0.141. The third-order valence-corrected chi connectivity index (χ3v) is 5.97. The molecule has 0 radical (unpaired) electrons. The Hall–Kier alpha value is -3.19. The molecule has 2 N–H and O–H groups in total. The molecule has 2 aromatic carbocycles. The number of nitrogens with one attached hydrogen (secondary N) is 1. The molecule has 0 amide bonds. The van der Waals surface area contributed by atoms with Gasteiger partial charge >= 0.3 is 6.18 Å². The van der Waals surface area contributed by atoms with Crippen LogP contribution in [0, 0.1) is 11.8 Å². The van der Waals surface area contributed by atoms with E-state index in [-0.39, 0.29) is 29.2 Å². The average Bonchev–Trinajstić information content (AvgIpc) is 3.32. The molecule has 3 aromatic rings. The number of halogens is 4. The molecule has 0 aliphatic carbocycles. The van der Waals surface area contributed by atoms with E-state index in [2.05, 4.69) is 38.9 Å². The second-order valence-electron chi connectivity index (χ2n) is 8.30. The van der Waals surface area contributed by atoms with E-state index >= 15 is 0 Å². The van der Waals surface area contributed by atoms with Crippen molar-refractivity contribution in [2.45, 2.75) is 12.8 Å². The normalized spacial score (nSPS) is 15.0. The number of aromatic hydroxyl groups is 1. The Morgan fingerprint density at radius 1 is 1.11 bits per heavy atom. The van der Waals surface area contributed by atoms with E-state index in [1.165, 1.54) is 6.07 Å². The van der Waals surface area contributed by atoms with Crippen molar-refractivity contribution in [3.05, 3.63) is 64.3 Å². The number of aromatic amines is 1. The van der Waals surface area contributed by atoms with Crippen LogP contribution < -0.4 is 4.74 Å². The first-order chi connectivity index (χ1) is 16.7. The van der Waals surface area contributed by atoms with Crippen LogP contribution in [0.15, 0.2) is 42.5 Å². The molecule has 1 aliphatic rings. The molecule has 2 heterocycles. The zero-order valence-corrected chi connectivity index (χ0v) is 19.7. The van der Waals surface area contributed by atoms with E-state index < -0.39 is 11.9 Å². The Morgan fingerprint density at radius 2 is 1.83 bits per heavy atom. The molecular formula is C25H24ClF3N4O2. The minimum atomic E-state index is -4.60. The van der Waals surface area contributed by atoms with Gasteiger partial charge in [0.15, 0.2) is 5.69 Å². The summed E-state index contributed by atoms with van der Waals surface area (Å²) in [5.41, 5.74) is 0.168. The highest BCUT2D eigenvalue weighted by atomic mass is 35.5. The zero-order chi connectivity index (χ0) is 25.0. The highest BCUT2D eigenvalue weighted by Gasteiger charge is 2.34. The van der Waals surface area contributed by atoms with Crippen LogP contribution in [0.3, 0.4) is 0 Å². The van der Waals surface area contributed by atoms with E-state index in [1.807, 2.05) is 12.1 Å². The summed E-state index contributed by atoms with van der Waals surface area (Å²) in [7, 11) is 2.07. The predicted octanol–water partition coefficient (Wildman–Crippen LogP) is 4.63. The first-order valence-corrected chi connectivity index (χ1v) is 11.3. The molecule has 1 fully saturated rings. The molecule has 1 saturated heterocycles. The molecule has 10 heteroatoms. The summed E-state index contributed by atoms with van der Waals surface area (Å²) in [5.74, 6) is 6.10. The van der Waals surface area contributed by atoms with Crippen LogP contribution in [0.5, 0.6) is 11.5 Å². The van der Waals surface area contributed by atoms with Gasteiger partial charge in [0.1, 0.15) is 23.7 Å². The van der Waals surface area contributed by atoms with Gasteiger partial charge in [0, 0.05) is 36.8 Å². The number of ether oxygens (including phenoxy) is 1. The second kappa shape index (κ2) is 10.6. The van der Waals surface area contributed by atoms with Crippen molar-refractivity contribution in [1.29, 1.82) is 0 Å². The fourth-order valence-corrected chi connectivity index (χ4v) is 3.75. The number of benzene rings is 2. The van der Waals surface area contributed by atoms with Crippen molar-refractivity contribution in [3.8, 4) is 34.6 Å². The fraction of sp³-hybridized carbons (Fsp3) is 0.320. The molecular weight excluding hydrogens is 481 g/mol.